The molecular weight excluding hydrogens is 440 g/mol. The summed E-state index contributed by atoms with van der Waals surface area (Å²) in [5, 5.41) is 10.9. The number of anilines is 1. The number of nitrogens with zero attached hydrogens (tertiary/aromatic N) is 2. The molecule has 0 radical (unpaired) electrons. The van der Waals surface area contributed by atoms with Gasteiger partial charge < -0.3 is 0 Å². The van der Waals surface area contributed by atoms with Crippen molar-refractivity contribution in [3.8, 4) is 6.07 Å². The van der Waals surface area contributed by atoms with Crippen LogP contribution in [-0.4, -0.2) is 11.7 Å². The molecule has 4 nitrogen and oxygen atoms in total. The Hall–Kier alpha value is -2.71. The van der Waals surface area contributed by atoms with E-state index in [1.54, 1.807) is 16.2 Å². The average Bonchev–Trinajstić information content (AvgIpc) is 3.07. The van der Waals surface area contributed by atoms with E-state index in [1.165, 1.54) is 17.7 Å². The fourth-order valence-corrected chi connectivity index (χ4v) is 7.38. The molecule has 0 spiro atoms. The molecular formula is C29H32N2O2S. The van der Waals surface area contributed by atoms with Gasteiger partial charge in [0.2, 0.25) is 5.91 Å². The third-order valence-corrected chi connectivity index (χ3v) is 8.83. The highest BCUT2D eigenvalue weighted by Gasteiger charge is 2.45. The molecule has 1 aliphatic heterocycles. The van der Waals surface area contributed by atoms with Crippen molar-refractivity contribution in [3.05, 3.63) is 62.7 Å². The van der Waals surface area contributed by atoms with Gasteiger partial charge in [-0.2, -0.15) is 5.26 Å². The smallest absolute Gasteiger partial charge is 0.232 e. The van der Waals surface area contributed by atoms with Gasteiger partial charge in [0.25, 0.3) is 0 Å². The van der Waals surface area contributed by atoms with Gasteiger partial charge in [-0.15, -0.1) is 11.3 Å². The molecule has 2 aromatic rings. The van der Waals surface area contributed by atoms with Crippen LogP contribution in [0.3, 0.4) is 0 Å². The molecule has 5 heteroatoms. The number of nitriles is 1. The molecule has 0 saturated carbocycles. The van der Waals surface area contributed by atoms with Crippen molar-refractivity contribution in [2.45, 2.75) is 84.5 Å². The molecule has 176 valence electrons. The minimum Gasteiger partial charge on any atom is -0.294 e. The Morgan fingerprint density at radius 2 is 1.85 bits per heavy atom. The maximum Gasteiger partial charge on any atom is 0.232 e. The van der Waals surface area contributed by atoms with E-state index in [1.807, 2.05) is 25.1 Å². The highest BCUT2D eigenvalue weighted by molar-refractivity contribution is 7.16. The number of thiophene rings is 1. The van der Waals surface area contributed by atoms with Crippen LogP contribution in [0.5, 0.6) is 0 Å². The normalized spacial score (nSPS) is 22.5. The van der Waals surface area contributed by atoms with Crippen molar-refractivity contribution < 1.29 is 9.59 Å². The predicted octanol–water partition coefficient (Wildman–Crippen LogP) is 6.75. The number of aryl methyl sites for hydroxylation is 2. The summed E-state index contributed by atoms with van der Waals surface area (Å²) >= 11 is 1.61. The lowest BCUT2D eigenvalue weighted by molar-refractivity contribution is -0.120. The third-order valence-electron chi connectivity index (χ3n) is 7.56. The van der Waals surface area contributed by atoms with E-state index in [0.29, 0.717) is 18.4 Å². The van der Waals surface area contributed by atoms with E-state index >= 15 is 0 Å². The summed E-state index contributed by atoms with van der Waals surface area (Å²) in [7, 11) is 0. The van der Waals surface area contributed by atoms with Crippen molar-refractivity contribution in [2.24, 2.45) is 5.41 Å². The molecule has 1 aromatic carbocycles. The van der Waals surface area contributed by atoms with E-state index in [2.05, 4.69) is 26.0 Å². The third kappa shape index (κ3) is 4.03. The highest BCUT2D eigenvalue weighted by atomic mass is 32.1. The minimum atomic E-state index is -0.221. The van der Waals surface area contributed by atoms with Gasteiger partial charge in [-0.3, -0.25) is 14.5 Å². The first-order valence-corrected chi connectivity index (χ1v) is 13.3. The Bertz CT molecular complexity index is 1240. The van der Waals surface area contributed by atoms with Gasteiger partial charge in [-0.1, -0.05) is 56.5 Å². The molecule has 0 saturated heterocycles. The predicted molar refractivity (Wildman–Crippen MR) is 136 cm³/mol. The topological polar surface area (TPSA) is 61.2 Å². The summed E-state index contributed by atoms with van der Waals surface area (Å²) in [6.07, 6.45) is 7.90. The van der Waals surface area contributed by atoms with E-state index in [-0.39, 0.29) is 29.4 Å². The zero-order valence-electron chi connectivity index (χ0n) is 20.4. The second-order valence-electron chi connectivity index (χ2n) is 10.9. The summed E-state index contributed by atoms with van der Waals surface area (Å²) in [4.78, 5) is 30.4. The van der Waals surface area contributed by atoms with Gasteiger partial charge in [0.1, 0.15) is 11.1 Å². The van der Waals surface area contributed by atoms with Gasteiger partial charge in [-0.25, -0.2) is 0 Å². The summed E-state index contributed by atoms with van der Waals surface area (Å²) < 4.78 is 0. The second kappa shape index (κ2) is 8.82. The first-order valence-electron chi connectivity index (χ1n) is 12.5. The molecule has 3 aliphatic rings. The zero-order valence-corrected chi connectivity index (χ0v) is 21.2. The van der Waals surface area contributed by atoms with Crippen molar-refractivity contribution in [1.82, 2.24) is 0 Å². The molecule has 2 heterocycles. The van der Waals surface area contributed by atoms with Crippen LogP contribution in [-0.2, 0) is 22.4 Å². The molecule has 1 amide bonds. The standard InChI is InChI=1S/C29H32N2O2S/c1-18-9-8-10-19(13-18)21-14-26(33)31(23-15-29(2,3)16-24(32)27(21)23)28-22(17-30)20-11-6-4-5-7-12-25(20)34-28/h8-10,13,21H,4-7,11-12,14-16H2,1-3H3/t21-/m0/s1. The number of hydrogen-bond acceptors (Lipinski definition) is 4. The van der Waals surface area contributed by atoms with Gasteiger partial charge in [0.15, 0.2) is 5.78 Å². The maximum atomic E-state index is 13.8. The SMILES string of the molecule is Cc1cccc([C@@H]2CC(=O)N(c3sc4c(c3C#N)CCCCCC4)C3=C2C(=O)CC(C)(C)C3)c1. The van der Waals surface area contributed by atoms with Crippen LogP contribution in [0.4, 0.5) is 5.00 Å². The van der Waals surface area contributed by atoms with E-state index in [9.17, 15) is 14.9 Å². The van der Waals surface area contributed by atoms with E-state index in [4.69, 9.17) is 0 Å². The number of benzene rings is 1. The summed E-state index contributed by atoms with van der Waals surface area (Å²) in [5.41, 5.74) is 5.35. The van der Waals surface area contributed by atoms with Gasteiger partial charge in [0, 0.05) is 34.9 Å². The van der Waals surface area contributed by atoms with Gasteiger partial charge in [0.05, 0.1) is 5.56 Å². The van der Waals surface area contributed by atoms with Crippen molar-refractivity contribution in [2.75, 3.05) is 4.90 Å². The lowest BCUT2D eigenvalue weighted by Crippen LogP contribution is -2.43. The second-order valence-corrected chi connectivity index (χ2v) is 12.0. The van der Waals surface area contributed by atoms with Crippen LogP contribution >= 0.6 is 11.3 Å². The Labute approximate surface area is 206 Å². The number of carbonyl (C=O) groups excluding carboxylic acids is 2. The van der Waals surface area contributed by atoms with Crippen LogP contribution in [0.25, 0.3) is 0 Å². The van der Waals surface area contributed by atoms with Crippen LogP contribution < -0.4 is 4.90 Å². The quantitative estimate of drug-likeness (QED) is 0.486. The Balaban J connectivity index is 1.70. The van der Waals surface area contributed by atoms with Crippen LogP contribution in [0.1, 0.15) is 91.8 Å². The fourth-order valence-electron chi connectivity index (χ4n) is 6.00. The molecule has 0 fully saturated rings. The summed E-state index contributed by atoms with van der Waals surface area (Å²) in [6, 6.07) is 10.6. The molecule has 5 rings (SSSR count). The summed E-state index contributed by atoms with van der Waals surface area (Å²) in [6.45, 7) is 6.25. The first-order chi connectivity index (χ1) is 16.3. The van der Waals surface area contributed by atoms with Gasteiger partial charge in [-0.05, 0) is 55.6 Å². The van der Waals surface area contributed by atoms with Crippen molar-refractivity contribution in [3.63, 3.8) is 0 Å². The number of allylic oxidation sites excluding steroid dienone is 2. The number of Topliss-reactive ketones (excluding diaryl/α,β-unsaturated/α-hetero) is 1. The molecule has 1 aromatic heterocycles. The Morgan fingerprint density at radius 1 is 1.09 bits per heavy atom. The molecule has 0 N–H and O–H groups in total. The monoisotopic (exact) mass is 472 g/mol. The highest BCUT2D eigenvalue weighted by Crippen LogP contribution is 2.51. The van der Waals surface area contributed by atoms with E-state index < -0.39 is 0 Å². The zero-order chi connectivity index (χ0) is 24.0. The number of hydrogen-bond donors (Lipinski definition) is 0. The van der Waals surface area contributed by atoms with Crippen LogP contribution in [0.15, 0.2) is 35.5 Å². The van der Waals surface area contributed by atoms with Gasteiger partial charge >= 0.3 is 0 Å². The molecule has 0 unspecified atom stereocenters. The van der Waals surface area contributed by atoms with Crippen LogP contribution in [0.2, 0.25) is 0 Å². The molecule has 0 bridgehead atoms. The number of carbonyl (C=O) groups is 2. The number of ketones is 1. The summed E-state index contributed by atoms with van der Waals surface area (Å²) in [5.74, 6) is -0.0704. The average molecular weight is 473 g/mol. The number of rotatable bonds is 2. The lowest BCUT2D eigenvalue weighted by atomic mass is 9.69. The molecule has 1 atom stereocenters. The Kier molecular flexibility index (Phi) is 5.98. The maximum absolute atomic E-state index is 13.8. The first kappa shape index (κ1) is 23.1. The minimum absolute atomic E-state index is 0.00137. The number of amides is 1. The van der Waals surface area contributed by atoms with E-state index in [0.717, 1.165) is 58.6 Å². The largest absolute Gasteiger partial charge is 0.294 e. The Morgan fingerprint density at radius 3 is 2.59 bits per heavy atom. The molecule has 2 aliphatic carbocycles. The molecule has 34 heavy (non-hydrogen) atoms. The van der Waals surface area contributed by atoms with Crippen molar-refractivity contribution in [1.29, 1.82) is 5.26 Å². The number of fused-ring (bicyclic) bond motifs is 1. The van der Waals surface area contributed by atoms with Crippen molar-refractivity contribution >= 4 is 28.0 Å². The lowest BCUT2D eigenvalue weighted by Gasteiger charge is -2.42. The fraction of sp³-hybridized carbons (Fsp3) is 0.483. The van der Waals surface area contributed by atoms with Crippen LogP contribution in [0, 0.1) is 23.7 Å².